The Morgan fingerprint density at radius 1 is 1.38 bits per heavy atom. The van der Waals surface area contributed by atoms with Gasteiger partial charge in [0.15, 0.2) is 6.54 Å². The van der Waals surface area contributed by atoms with Crippen molar-refractivity contribution in [3.63, 3.8) is 0 Å². The van der Waals surface area contributed by atoms with Crippen LogP contribution in [0.4, 0.5) is 11.5 Å². The van der Waals surface area contributed by atoms with Gasteiger partial charge in [-0.25, -0.2) is 0 Å². The number of halogens is 1. The number of rotatable bonds is 6. The summed E-state index contributed by atoms with van der Waals surface area (Å²) in [7, 11) is 0. The number of nitro groups is 1. The van der Waals surface area contributed by atoms with E-state index in [1.54, 1.807) is 23.9 Å². The van der Waals surface area contributed by atoms with Crippen molar-refractivity contribution < 1.29 is 9.72 Å². The molecule has 2 heterocycles. The summed E-state index contributed by atoms with van der Waals surface area (Å²) in [6.07, 6.45) is 3.15. The van der Waals surface area contributed by atoms with Gasteiger partial charge in [0.25, 0.3) is 5.91 Å². The molecule has 0 radical (unpaired) electrons. The van der Waals surface area contributed by atoms with Gasteiger partial charge in [-0.1, -0.05) is 34.9 Å². The van der Waals surface area contributed by atoms with Gasteiger partial charge in [0.1, 0.15) is 0 Å². The maximum Gasteiger partial charge on any atom is 0.345 e. The second kappa shape index (κ2) is 7.36. The number of hydrogen-bond donors (Lipinski definition) is 1. The SMILES string of the molecule is Cc1cc([N+](=O)[O-])n(CC(=O)Nc2cnn(Cc3ccccc3Cl)c2)n1. The van der Waals surface area contributed by atoms with E-state index in [1.165, 1.54) is 12.3 Å². The van der Waals surface area contributed by atoms with Crippen LogP contribution in [0, 0.1) is 17.0 Å². The molecular weight excluding hydrogens is 360 g/mol. The summed E-state index contributed by atoms with van der Waals surface area (Å²) < 4.78 is 2.69. The van der Waals surface area contributed by atoms with Gasteiger partial charge in [-0.2, -0.15) is 5.10 Å². The lowest BCUT2D eigenvalue weighted by Gasteiger charge is -2.04. The third-order valence-corrected chi connectivity index (χ3v) is 3.94. The van der Waals surface area contributed by atoms with E-state index < -0.39 is 10.8 Å². The minimum atomic E-state index is -0.574. The fourth-order valence-electron chi connectivity index (χ4n) is 2.45. The number of benzene rings is 1. The molecule has 2 aromatic heterocycles. The Hall–Kier alpha value is -3.20. The van der Waals surface area contributed by atoms with E-state index in [0.29, 0.717) is 22.9 Å². The van der Waals surface area contributed by atoms with Crippen LogP contribution in [-0.4, -0.2) is 30.4 Å². The van der Waals surface area contributed by atoms with Gasteiger partial charge in [0, 0.05) is 11.2 Å². The van der Waals surface area contributed by atoms with Gasteiger partial charge in [0.2, 0.25) is 0 Å². The molecule has 0 bridgehead atoms. The Morgan fingerprint density at radius 3 is 2.88 bits per heavy atom. The fourth-order valence-corrected chi connectivity index (χ4v) is 2.64. The fraction of sp³-hybridized carbons (Fsp3) is 0.188. The van der Waals surface area contributed by atoms with Crippen LogP contribution in [0.15, 0.2) is 42.7 Å². The van der Waals surface area contributed by atoms with Crippen LogP contribution in [0.2, 0.25) is 5.02 Å². The average molecular weight is 375 g/mol. The van der Waals surface area contributed by atoms with Crippen LogP contribution < -0.4 is 5.32 Å². The second-order valence-electron chi connectivity index (χ2n) is 5.62. The molecule has 3 aromatic rings. The molecule has 0 unspecified atom stereocenters. The van der Waals surface area contributed by atoms with E-state index in [1.807, 2.05) is 18.2 Å². The normalized spacial score (nSPS) is 10.7. The molecule has 9 nitrogen and oxygen atoms in total. The number of aromatic nitrogens is 4. The summed E-state index contributed by atoms with van der Waals surface area (Å²) in [5.74, 6) is -0.666. The number of nitrogens with one attached hydrogen (secondary N) is 1. The van der Waals surface area contributed by atoms with Gasteiger partial charge in [-0.15, -0.1) is 4.68 Å². The summed E-state index contributed by atoms with van der Waals surface area (Å²) in [5.41, 5.74) is 1.85. The highest BCUT2D eigenvalue weighted by atomic mass is 35.5. The van der Waals surface area contributed by atoms with Crippen molar-refractivity contribution in [3.8, 4) is 0 Å². The first kappa shape index (κ1) is 17.6. The van der Waals surface area contributed by atoms with Crippen LogP contribution in [0.25, 0.3) is 0 Å². The highest BCUT2D eigenvalue weighted by Gasteiger charge is 2.19. The van der Waals surface area contributed by atoms with E-state index in [-0.39, 0.29) is 12.4 Å². The Kier molecular flexibility index (Phi) is 4.99. The number of aryl methyl sites for hydroxylation is 1. The van der Waals surface area contributed by atoms with Crippen molar-refractivity contribution in [1.29, 1.82) is 0 Å². The average Bonchev–Trinajstić information content (AvgIpc) is 3.16. The van der Waals surface area contributed by atoms with Crippen molar-refractivity contribution in [2.45, 2.75) is 20.0 Å². The van der Waals surface area contributed by atoms with Crippen molar-refractivity contribution in [1.82, 2.24) is 19.6 Å². The third-order valence-electron chi connectivity index (χ3n) is 3.57. The van der Waals surface area contributed by atoms with Gasteiger partial charge in [-0.05, 0) is 23.5 Å². The first-order chi connectivity index (χ1) is 12.4. The van der Waals surface area contributed by atoms with Gasteiger partial charge < -0.3 is 15.4 Å². The molecular formula is C16H15ClN6O3. The lowest BCUT2D eigenvalue weighted by Crippen LogP contribution is -2.20. The third kappa shape index (κ3) is 4.06. The van der Waals surface area contributed by atoms with Crippen LogP contribution in [0.5, 0.6) is 0 Å². The Morgan fingerprint density at radius 2 is 2.15 bits per heavy atom. The van der Waals surface area contributed by atoms with Crippen molar-refractivity contribution in [3.05, 3.63) is 69.1 Å². The van der Waals surface area contributed by atoms with E-state index in [9.17, 15) is 14.9 Å². The number of nitrogens with zero attached hydrogens (tertiary/aromatic N) is 5. The first-order valence-electron chi connectivity index (χ1n) is 7.67. The molecule has 0 saturated carbocycles. The van der Waals surface area contributed by atoms with Crippen molar-refractivity contribution >= 4 is 29.0 Å². The van der Waals surface area contributed by atoms with E-state index in [2.05, 4.69) is 15.5 Å². The lowest BCUT2D eigenvalue weighted by molar-refractivity contribution is -0.392. The predicted octanol–water partition coefficient (Wildman–Crippen LogP) is 2.64. The molecule has 0 saturated heterocycles. The van der Waals surface area contributed by atoms with Crippen LogP contribution in [0.3, 0.4) is 0 Å². The number of amides is 1. The number of carbonyl (C=O) groups excluding carboxylic acids is 1. The van der Waals surface area contributed by atoms with Gasteiger partial charge in [0.05, 0.1) is 30.2 Å². The summed E-state index contributed by atoms with van der Waals surface area (Å²) >= 11 is 6.12. The maximum atomic E-state index is 12.1. The highest BCUT2D eigenvalue weighted by Crippen LogP contribution is 2.17. The minimum Gasteiger partial charge on any atom is -0.358 e. The Bertz CT molecular complexity index is 965. The molecule has 0 spiro atoms. The Labute approximate surface area is 153 Å². The van der Waals surface area contributed by atoms with Crippen LogP contribution in [-0.2, 0) is 17.9 Å². The first-order valence-corrected chi connectivity index (χ1v) is 8.05. The summed E-state index contributed by atoms with van der Waals surface area (Å²) in [5, 5.41) is 22.4. The maximum absolute atomic E-state index is 12.1. The monoisotopic (exact) mass is 374 g/mol. The standard InChI is InChI=1S/C16H15ClN6O3/c1-11-6-16(23(25)26)22(20-11)10-15(24)19-13-7-18-21(9-13)8-12-4-2-3-5-14(12)17/h2-7,9H,8,10H2,1H3,(H,19,24). The summed E-state index contributed by atoms with van der Waals surface area (Å²) in [4.78, 5) is 22.5. The largest absolute Gasteiger partial charge is 0.358 e. The number of carbonyl (C=O) groups is 1. The minimum absolute atomic E-state index is 0.230. The zero-order chi connectivity index (χ0) is 18.7. The van der Waals surface area contributed by atoms with E-state index in [0.717, 1.165) is 10.2 Å². The number of anilines is 1. The molecule has 0 fully saturated rings. The second-order valence-corrected chi connectivity index (χ2v) is 6.03. The summed E-state index contributed by atoms with van der Waals surface area (Å²) in [6, 6.07) is 8.72. The van der Waals surface area contributed by atoms with Crippen LogP contribution in [0.1, 0.15) is 11.3 Å². The zero-order valence-electron chi connectivity index (χ0n) is 13.8. The van der Waals surface area contributed by atoms with Gasteiger partial charge in [-0.3, -0.25) is 9.48 Å². The molecule has 1 aromatic carbocycles. The smallest absolute Gasteiger partial charge is 0.345 e. The molecule has 1 N–H and O–H groups in total. The molecule has 0 aliphatic rings. The van der Waals surface area contributed by atoms with E-state index in [4.69, 9.17) is 11.6 Å². The number of hydrogen-bond acceptors (Lipinski definition) is 5. The molecule has 134 valence electrons. The molecule has 26 heavy (non-hydrogen) atoms. The molecule has 3 rings (SSSR count). The highest BCUT2D eigenvalue weighted by molar-refractivity contribution is 6.31. The van der Waals surface area contributed by atoms with Crippen LogP contribution >= 0.6 is 11.6 Å². The van der Waals surface area contributed by atoms with Gasteiger partial charge >= 0.3 is 5.82 Å². The predicted molar refractivity (Wildman–Crippen MR) is 95.0 cm³/mol. The molecule has 0 aliphatic heterocycles. The topological polar surface area (TPSA) is 108 Å². The quantitative estimate of drug-likeness (QED) is 0.527. The summed E-state index contributed by atoms with van der Waals surface area (Å²) in [6.45, 7) is 1.82. The molecule has 10 heteroatoms. The molecule has 0 atom stereocenters. The van der Waals surface area contributed by atoms with E-state index >= 15 is 0 Å². The molecule has 0 aliphatic carbocycles. The molecule has 1 amide bonds. The zero-order valence-corrected chi connectivity index (χ0v) is 14.6. The Balaban J connectivity index is 1.65. The van der Waals surface area contributed by atoms with Crippen molar-refractivity contribution in [2.75, 3.05) is 5.32 Å². The van der Waals surface area contributed by atoms with Crippen molar-refractivity contribution in [2.24, 2.45) is 0 Å². The lowest BCUT2D eigenvalue weighted by atomic mass is 10.2.